The van der Waals surface area contributed by atoms with Crippen LogP contribution in [0.15, 0.2) is 65.1 Å². The van der Waals surface area contributed by atoms with Crippen LogP contribution in [0, 0.1) is 0 Å². The molecule has 2 heterocycles. The molecule has 0 unspecified atom stereocenters. The van der Waals surface area contributed by atoms with Gasteiger partial charge >= 0.3 is 0 Å². The van der Waals surface area contributed by atoms with Gasteiger partial charge in [0.05, 0.1) is 10.7 Å². The molecule has 29 heavy (non-hydrogen) atoms. The Kier molecular flexibility index (Phi) is 6.49. The minimum absolute atomic E-state index is 0.319. The van der Waals surface area contributed by atoms with Crippen LogP contribution in [0.3, 0.4) is 0 Å². The first-order valence-electron chi connectivity index (χ1n) is 9.16. The van der Waals surface area contributed by atoms with Crippen LogP contribution in [0.4, 0.5) is 0 Å². The Morgan fingerprint density at radius 1 is 1.07 bits per heavy atom. The van der Waals surface area contributed by atoms with Crippen LogP contribution in [-0.4, -0.2) is 19.7 Å². The molecule has 148 valence electrons. The Morgan fingerprint density at radius 2 is 1.86 bits per heavy atom. The average Bonchev–Trinajstić information content (AvgIpc) is 3.39. The third-order valence-electron chi connectivity index (χ3n) is 4.22. The zero-order chi connectivity index (χ0) is 20.1. The number of halogens is 1. The molecular weight excluding hydrogens is 424 g/mol. The van der Waals surface area contributed by atoms with Gasteiger partial charge in [-0.1, -0.05) is 65.8 Å². The monoisotopic (exact) mass is 442 g/mol. The van der Waals surface area contributed by atoms with Crippen molar-refractivity contribution in [1.29, 1.82) is 0 Å². The first-order chi connectivity index (χ1) is 14.2. The summed E-state index contributed by atoms with van der Waals surface area (Å²) in [7, 11) is 0. The van der Waals surface area contributed by atoms with Crippen LogP contribution in [0.5, 0.6) is 5.75 Å². The van der Waals surface area contributed by atoms with E-state index in [2.05, 4.69) is 39.2 Å². The highest BCUT2D eigenvalue weighted by Crippen LogP contribution is 2.28. The van der Waals surface area contributed by atoms with E-state index in [1.807, 2.05) is 36.4 Å². The number of para-hydroxylation sites is 1. The quantitative estimate of drug-likeness (QED) is 0.316. The van der Waals surface area contributed by atoms with Gasteiger partial charge in [-0.15, -0.1) is 21.5 Å². The molecule has 0 fully saturated rings. The number of nitrogens with zero attached hydrogens (tertiary/aromatic N) is 4. The molecule has 0 bridgehead atoms. The molecule has 0 radical (unpaired) electrons. The summed E-state index contributed by atoms with van der Waals surface area (Å²) < 4.78 is 7.88. The van der Waals surface area contributed by atoms with Gasteiger partial charge in [-0.25, -0.2) is 4.98 Å². The van der Waals surface area contributed by atoms with Crippen molar-refractivity contribution in [2.24, 2.45) is 0 Å². The molecule has 0 saturated heterocycles. The van der Waals surface area contributed by atoms with Crippen molar-refractivity contribution in [3.63, 3.8) is 0 Å². The lowest BCUT2D eigenvalue weighted by molar-refractivity contribution is 0.288. The van der Waals surface area contributed by atoms with E-state index in [0.717, 1.165) is 39.5 Å². The average molecular weight is 443 g/mol. The van der Waals surface area contributed by atoms with Crippen molar-refractivity contribution < 1.29 is 4.74 Å². The molecule has 5 nitrogen and oxygen atoms in total. The molecule has 0 aliphatic carbocycles. The zero-order valence-corrected chi connectivity index (χ0v) is 18.2. The van der Waals surface area contributed by atoms with Crippen LogP contribution in [-0.2, 0) is 18.9 Å². The van der Waals surface area contributed by atoms with E-state index in [1.54, 1.807) is 29.2 Å². The number of hydrogen-bond acceptors (Lipinski definition) is 6. The third-order valence-corrected chi connectivity index (χ3v) is 6.48. The molecule has 0 atom stereocenters. The molecule has 8 heteroatoms. The van der Waals surface area contributed by atoms with Gasteiger partial charge in [0, 0.05) is 23.2 Å². The van der Waals surface area contributed by atoms with Gasteiger partial charge in [0.15, 0.2) is 11.0 Å². The molecule has 4 rings (SSSR count). The maximum Gasteiger partial charge on any atom is 0.191 e. The van der Waals surface area contributed by atoms with Crippen LogP contribution in [0.1, 0.15) is 18.4 Å². The lowest BCUT2D eigenvalue weighted by Gasteiger charge is -2.09. The fourth-order valence-corrected chi connectivity index (χ4v) is 4.81. The summed E-state index contributed by atoms with van der Waals surface area (Å²) in [6.45, 7) is 3.16. The lowest BCUT2D eigenvalue weighted by atomic mass is 10.2. The highest BCUT2D eigenvalue weighted by molar-refractivity contribution is 7.98. The van der Waals surface area contributed by atoms with E-state index in [9.17, 15) is 0 Å². The molecular formula is C21H19ClN4OS2. The Bertz CT molecular complexity index is 1080. The minimum Gasteiger partial charge on any atom is -0.484 e. The first-order valence-corrected chi connectivity index (χ1v) is 11.4. The second-order valence-corrected chi connectivity index (χ2v) is 8.37. The second kappa shape index (κ2) is 9.43. The summed E-state index contributed by atoms with van der Waals surface area (Å²) in [5.74, 6) is 2.16. The normalized spacial score (nSPS) is 11.0. The highest BCUT2D eigenvalue weighted by Gasteiger charge is 2.14. The van der Waals surface area contributed by atoms with Gasteiger partial charge in [0.25, 0.3) is 0 Å². The second-order valence-electron chi connectivity index (χ2n) is 6.16. The van der Waals surface area contributed by atoms with Gasteiger partial charge in [-0.3, -0.25) is 0 Å². The number of hydrogen-bond donors (Lipinski definition) is 0. The number of thiazole rings is 1. The molecule has 4 aromatic rings. The van der Waals surface area contributed by atoms with Crippen LogP contribution in [0.25, 0.3) is 10.6 Å². The number of rotatable bonds is 8. The van der Waals surface area contributed by atoms with E-state index < -0.39 is 0 Å². The van der Waals surface area contributed by atoms with E-state index in [1.165, 1.54) is 0 Å². The first kappa shape index (κ1) is 19.9. The van der Waals surface area contributed by atoms with E-state index >= 15 is 0 Å². The van der Waals surface area contributed by atoms with Crippen LogP contribution >= 0.6 is 34.7 Å². The van der Waals surface area contributed by atoms with Crippen LogP contribution in [0.2, 0.25) is 5.02 Å². The molecule has 0 spiro atoms. The Labute approximate surface area is 182 Å². The van der Waals surface area contributed by atoms with Crippen LogP contribution < -0.4 is 4.74 Å². The molecule has 2 aromatic carbocycles. The third kappa shape index (κ3) is 4.80. The lowest BCUT2D eigenvalue weighted by Crippen LogP contribution is -2.07. The van der Waals surface area contributed by atoms with Crippen molar-refractivity contribution in [1.82, 2.24) is 19.7 Å². The fourth-order valence-electron chi connectivity index (χ4n) is 2.78. The van der Waals surface area contributed by atoms with Crippen molar-refractivity contribution in [2.75, 3.05) is 0 Å². The smallest absolute Gasteiger partial charge is 0.191 e. The van der Waals surface area contributed by atoms with Crippen molar-refractivity contribution in [3.8, 4) is 16.3 Å². The number of thioether (sulfide) groups is 1. The largest absolute Gasteiger partial charge is 0.484 e. The summed E-state index contributed by atoms with van der Waals surface area (Å²) in [6.07, 6.45) is 0. The zero-order valence-electron chi connectivity index (χ0n) is 15.8. The number of aromatic nitrogens is 4. The number of ether oxygens (including phenoxy) is 1. The standard InChI is InChI=1S/C21H19ClN4OS2/c1-2-26-19(12-27-18-11-7-6-10-17(18)22)24-25-21(26)29-14-16-13-28-20(23-16)15-8-4-3-5-9-15/h3-11,13H,2,12,14H2,1H3. The Morgan fingerprint density at radius 3 is 2.66 bits per heavy atom. The summed E-state index contributed by atoms with van der Waals surface area (Å²) >= 11 is 9.45. The molecule has 0 aliphatic rings. The van der Waals surface area contributed by atoms with Gasteiger partial charge in [-0.2, -0.15) is 0 Å². The maximum atomic E-state index is 6.16. The SMILES string of the molecule is CCn1c(COc2ccccc2Cl)nnc1SCc1csc(-c2ccccc2)n1. The maximum absolute atomic E-state index is 6.16. The summed E-state index contributed by atoms with van der Waals surface area (Å²) in [4.78, 5) is 4.74. The number of benzene rings is 2. The molecule has 0 saturated carbocycles. The topological polar surface area (TPSA) is 52.8 Å². The summed E-state index contributed by atoms with van der Waals surface area (Å²) in [6, 6.07) is 17.6. The van der Waals surface area contributed by atoms with Crippen molar-refractivity contribution in [3.05, 3.63) is 76.5 Å². The highest BCUT2D eigenvalue weighted by atomic mass is 35.5. The van der Waals surface area contributed by atoms with E-state index in [-0.39, 0.29) is 0 Å². The van der Waals surface area contributed by atoms with Gasteiger partial charge < -0.3 is 9.30 Å². The predicted octanol–water partition coefficient (Wildman–Crippen LogP) is 5.95. The molecule has 2 aromatic heterocycles. The Hall–Kier alpha value is -2.35. The predicted molar refractivity (Wildman–Crippen MR) is 119 cm³/mol. The van der Waals surface area contributed by atoms with Crippen molar-refractivity contribution in [2.45, 2.75) is 31.0 Å². The molecule has 0 aliphatic heterocycles. The summed E-state index contributed by atoms with van der Waals surface area (Å²) in [5.41, 5.74) is 2.18. The van der Waals surface area contributed by atoms with Crippen molar-refractivity contribution >= 4 is 34.7 Å². The molecule has 0 N–H and O–H groups in total. The summed E-state index contributed by atoms with van der Waals surface area (Å²) in [5, 5.41) is 13.2. The minimum atomic E-state index is 0.319. The van der Waals surface area contributed by atoms with Gasteiger partial charge in [0.2, 0.25) is 0 Å². The molecule has 0 amide bonds. The fraction of sp³-hybridized carbons (Fsp3) is 0.190. The Balaban J connectivity index is 1.41. The van der Waals surface area contributed by atoms with Gasteiger partial charge in [0.1, 0.15) is 17.4 Å². The van der Waals surface area contributed by atoms with E-state index in [0.29, 0.717) is 17.4 Å². The van der Waals surface area contributed by atoms with Gasteiger partial charge in [-0.05, 0) is 19.1 Å². The van der Waals surface area contributed by atoms with E-state index in [4.69, 9.17) is 21.3 Å².